The van der Waals surface area contributed by atoms with Crippen molar-refractivity contribution < 1.29 is 13.9 Å². The van der Waals surface area contributed by atoms with Gasteiger partial charge in [0.1, 0.15) is 17.3 Å². The van der Waals surface area contributed by atoms with E-state index >= 15 is 0 Å². The van der Waals surface area contributed by atoms with Gasteiger partial charge >= 0.3 is 0 Å². The molecule has 0 N–H and O–H groups in total. The second-order valence-corrected chi connectivity index (χ2v) is 5.30. The lowest BCUT2D eigenvalue weighted by molar-refractivity contribution is 0.339. The Morgan fingerprint density at radius 2 is 1.30 bits per heavy atom. The first-order valence-corrected chi connectivity index (χ1v) is 7.64. The van der Waals surface area contributed by atoms with Crippen molar-refractivity contribution in [3.05, 3.63) is 60.4 Å². The zero-order valence-electron chi connectivity index (χ0n) is 11.1. The van der Waals surface area contributed by atoms with E-state index in [1.165, 1.54) is 12.1 Å². The van der Waals surface area contributed by atoms with E-state index in [-0.39, 0.29) is 5.82 Å². The summed E-state index contributed by atoms with van der Waals surface area (Å²) in [5.74, 6) is 3.16. The first-order chi connectivity index (χ1) is 9.84. The Hall–Kier alpha value is -1.68. The second kappa shape index (κ2) is 8.48. The number of hydrogen-bond donors (Lipinski definition) is 0. The van der Waals surface area contributed by atoms with Gasteiger partial charge in [0, 0.05) is 11.5 Å². The number of rotatable bonds is 8. The maximum atomic E-state index is 12.7. The van der Waals surface area contributed by atoms with Crippen LogP contribution in [0.2, 0.25) is 0 Å². The maximum Gasteiger partial charge on any atom is 0.123 e. The SMILES string of the molecule is Fc1ccc(OCCSCCOc2ccccc2)cc1. The van der Waals surface area contributed by atoms with E-state index < -0.39 is 0 Å². The first-order valence-electron chi connectivity index (χ1n) is 6.48. The minimum atomic E-state index is -0.246. The van der Waals surface area contributed by atoms with Gasteiger partial charge in [-0.05, 0) is 36.4 Å². The lowest BCUT2D eigenvalue weighted by Gasteiger charge is -2.07. The molecule has 0 fully saturated rings. The predicted molar refractivity (Wildman–Crippen MR) is 81.2 cm³/mol. The van der Waals surface area contributed by atoms with Crippen LogP contribution in [0.15, 0.2) is 54.6 Å². The van der Waals surface area contributed by atoms with E-state index in [2.05, 4.69) is 0 Å². The van der Waals surface area contributed by atoms with Crippen molar-refractivity contribution in [3.8, 4) is 11.5 Å². The fourth-order valence-electron chi connectivity index (χ4n) is 1.59. The summed E-state index contributed by atoms with van der Waals surface area (Å²) in [5, 5.41) is 0. The van der Waals surface area contributed by atoms with E-state index in [1.54, 1.807) is 23.9 Å². The van der Waals surface area contributed by atoms with Gasteiger partial charge < -0.3 is 9.47 Å². The molecule has 0 heterocycles. The van der Waals surface area contributed by atoms with Gasteiger partial charge in [-0.1, -0.05) is 18.2 Å². The molecule has 2 nitrogen and oxygen atoms in total. The number of thioether (sulfide) groups is 1. The van der Waals surface area contributed by atoms with Crippen LogP contribution in [-0.4, -0.2) is 24.7 Å². The highest BCUT2D eigenvalue weighted by Gasteiger charge is 1.96. The van der Waals surface area contributed by atoms with Crippen molar-refractivity contribution in [2.24, 2.45) is 0 Å². The highest BCUT2D eigenvalue weighted by Crippen LogP contribution is 2.12. The molecule has 0 saturated carbocycles. The molecule has 106 valence electrons. The molecule has 0 atom stereocenters. The number of benzene rings is 2. The third-order valence-corrected chi connectivity index (χ3v) is 3.46. The Morgan fingerprint density at radius 1 is 0.750 bits per heavy atom. The number of hydrogen-bond acceptors (Lipinski definition) is 3. The molecule has 0 aliphatic carbocycles. The molecule has 2 rings (SSSR count). The van der Waals surface area contributed by atoms with Gasteiger partial charge in [0.2, 0.25) is 0 Å². The Balaban J connectivity index is 1.51. The number of ether oxygens (including phenoxy) is 2. The molecule has 0 radical (unpaired) electrons. The zero-order chi connectivity index (χ0) is 14.0. The van der Waals surface area contributed by atoms with Crippen LogP contribution in [0.25, 0.3) is 0 Å². The molecule has 2 aromatic rings. The fourth-order valence-corrected chi connectivity index (χ4v) is 2.19. The Morgan fingerprint density at radius 3 is 1.90 bits per heavy atom. The summed E-state index contributed by atoms with van der Waals surface area (Å²) in [4.78, 5) is 0. The van der Waals surface area contributed by atoms with Crippen molar-refractivity contribution in [2.75, 3.05) is 24.7 Å². The minimum absolute atomic E-state index is 0.246. The smallest absolute Gasteiger partial charge is 0.123 e. The lowest BCUT2D eigenvalue weighted by Crippen LogP contribution is -2.04. The fraction of sp³-hybridized carbons (Fsp3) is 0.250. The van der Waals surface area contributed by atoms with Crippen molar-refractivity contribution in [2.45, 2.75) is 0 Å². The van der Waals surface area contributed by atoms with Gasteiger partial charge in [0.05, 0.1) is 13.2 Å². The Bertz CT molecular complexity index is 488. The molecule has 2 aromatic carbocycles. The molecule has 0 bridgehead atoms. The van der Waals surface area contributed by atoms with Crippen molar-refractivity contribution in [3.63, 3.8) is 0 Å². The Kier molecular flexibility index (Phi) is 6.24. The highest BCUT2D eigenvalue weighted by molar-refractivity contribution is 7.99. The number of halogens is 1. The molecular weight excluding hydrogens is 275 g/mol. The van der Waals surface area contributed by atoms with E-state index in [0.29, 0.717) is 19.0 Å². The van der Waals surface area contributed by atoms with Crippen LogP contribution in [0.5, 0.6) is 11.5 Å². The number of para-hydroxylation sites is 1. The van der Waals surface area contributed by atoms with Crippen LogP contribution in [0.3, 0.4) is 0 Å². The topological polar surface area (TPSA) is 18.5 Å². The summed E-state index contributed by atoms with van der Waals surface area (Å²) >= 11 is 1.77. The summed E-state index contributed by atoms with van der Waals surface area (Å²) < 4.78 is 23.8. The van der Waals surface area contributed by atoms with E-state index in [4.69, 9.17) is 9.47 Å². The van der Waals surface area contributed by atoms with Crippen LogP contribution in [0, 0.1) is 5.82 Å². The van der Waals surface area contributed by atoms with E-state index in [0.717, 1.165) is 17.3 Å². The van der Waals surface area contributed by atoms with Crippen LogP contribution < -0.4 is 9.47 Å². The maximum absolute atomic E-state index is 12.7. The molecule has 0 unspecified atom stereocenters. The molecule has 0 amide bonds. The summed E-state index contributed by atoms with van der Waals surface area (Å²) in [6.07, 6.45) is 0. The monoisotopic (exact) mass is 292 g/mol. The summed E-state index contributed by atoms with van der Waals surface area (Å²) in [6.45, 7) is 1.30. The molecule has 0 spiro atoms. The average Bonchev–Trinajstić information content (AvgIpc) is 2.49. The highest BCUT2D eigenvalue weighted by atomic mass is 32.2. The van der Waals surface area contributed by atoms with Crippen LogP contribution in [0.4, 0.5) is 4.39 Å². The van der Waals surface area contributed by atoms with Gasteiger partial charge in [0.25, 0.3) is 0 Å². The normalized spacial score (nSPS) is 10.2. The lowest BCUT2D eigenvalue weighted by atomic mass is 10.3. The first kappa shape index (κ1) is 14.7. The van der Waals surface area contributed by atoms with Gasteiger partial charge in [-0.2, -0.15) is 11.8 Å². The van der Waals surface area contributed by atoms with Crippen molar-refractivity contribution in [1.82, 2.24) is 0 Å². The summed E-state index contributed by atoms with van der Waals surface area (Å²) in [5.41, 5.74) is 0. The van der Waals surface area contributed by atoms with Crippen LogP contribution in [0.1, 0.15) is 0 Å². The van der Waals surface area contributed by atoms with E-state index in [9.17, 15) is 4.39 Å². The van der Waals surface area contributed by atoms with Crippen LogP contribution in [-0.2, 0) is 0 Å². The molecule has 0 aliphatic heterocycles. The molecule has 0 aliphatic rings. The third-order valence-electron chi connectivity index (χ3n) is 2.55. The predicted octanol–water partition coefficient (Wildman–Crippen LogP) is 4.02. The summed E-state index contributed by atoms with van der Waals surface area (Å²) in [7, 11) is 0. The minimum Gasteiger partial charge on any atom is -0.493 e. The zero-order valence-corrected chi connectivity index (χ0v) is 11.9. The van der Waals surface area contributed by atoms with Gasteiger partial charge in [-0.3, -0.25) is 0 Å². The average molecular weight is 292 g/mol. The van der Waals surface area contributed by atoms with Gasteiger partial charge in [-0.15, -0.1) is 0 Å². The van der Waals surface area contributed by atoms with Crippen molar-refractivity contribution >= 4 is 11.8 Å². The van der Waals surface area contributed by atoms with Gasteiger partial charge in [-0.25, -0.2) is 4.39 Å². The molecule has 4 heteroatoms. The molecular formula is C16H17FO2S. The van der Waals surface area contributed by atoms with Crippen molar-refractivity contribution in [1.29, 1.82) is 0 Å². The molecule has 0 aromatic heterocycles. The Labute approximate surface area is 122 Å². The molecule has 0 saturated heterocycles. The quantitative estimate of drug-likeness (QED) is 0.685. The molecule has 20 heavy (non-hydrogen) atoms. The van der Waals surface area contributed by atoms with Crippen LogP contribution >= 0.6 is 11.8 Å². The summed E-state index contributed by atoms with van der Waals surface area (Å²) in [6, 6.07) is 15.8. The van der Waals surface area contributed by atoms with E-state index in [1.807, 2.05) is 30.3 Å². The second-order valence-electron chi connectivity index (χ2n) is 4.08. The largest absolute Gasteiger partial charge is 0.493 e. The third kappa shape index (κ3) is 5.53. The van der Waals surface area contributed by atoms with Gasteiger partial charge in [0.15, 0.2) is 0 Å². The standard InChI is InChI=1S/C16H17FO2S/c17-14-6-8-16(9-7-14)19-11-13-20-12-10-18-15-4-2-1-3-5-15/h1-9H,10-13H2.